The zero-order valence-electron chi connectivity index (χ0n) is 17.5. The van der Waals surface area contributed by atoms with Crippen molar-refractivity contribution >= 4 is 11.9 Å². The van der Waals surface area contributed by atoms with Gasteiger partial charge in [-0.25, -0.2) is 9.59 Å². The molecule has 1 aromatic rings. The summed E-state index contributed by atoms with van der Waals surface area (Å²) < 4.78 is 16.4. The number of ether oxygens (including phenoxy) is 3. The lowest BCUT2D eigenvalue weighted by atomic mass is 9.78. The molecule has 7 heteroatoms. The highest BCUT2D eigenvalue weighted by atomic mass is 16.7. The Kier molecular flexibility index (Phi) is 8.10. The molecule has 2 aliphatic rings. The first kappa shape index (κ1) is 22.6. The molecule has 166 valence electrons. The lowest BCUT2D eigenvalue weighted by Crippen LogP contribution is -2.36. The van der Waals surface area contributed by atoms with Gasteiger partial charge in [0.25, 0.3) is 0 Å². The molecule has 1 aliphatic carbocycles. The van der Waals surface area contributed by atoms with E-state index in [9.17, 15) is 9.59 Å². The smallest absolute Gasteiger partial charge is 0.336 e. The summed E-state index contributed by atoms with van der Waals surface area (Å²) in [7, 11) is 0. The molecule has 2 N–H and O–H groups in total. The van der Waals surface area contributed by atoms with Crippen molar-refractivity contribution in [3.63, 3.8) is 0 Å². The summed E-state index contributed by atoms with van der Waals surface area (Å²) in [5, 5.41) is 18.2. The number of hydrogen-bond acceptors (Lipinski definition) is 5. The van der Waals surface area contributed by atoms with Crippen LogP contribution >= 0.6 is 0 Å². The van der Waals surface area contributed by atoms with Gasteiger partial charge in [-0.3, -0.25) is 0 Å². The lowest BCUT2D eigenvalue weighted by Gasteiger charge is -2.28. The zero-order chi connectivity index (χ0) is 21.5. The van der Waals surface area contributed by atoms with Gasteiger partial charge < -0.3 is 24.4 Å². The minimum absolute atomic E-state index is 0.557. The summed E-state index contributed by atoms with van der Waals surface area (Å²) in [4.78, 5) is 22.3. The first-order chi connectivity index (χ1) is 14.5. The van der Waals surface area contributed by atoms with Gasteiger partial charge in [-0.05, 0) is 36.8 Å². The van der Waals surface area contributed by atoms with Crippen molar-refractivity contribution in [3.8, 4) is 5.75 Å². The summed E-state index contributed by atoms with van der Waals surface area (Å²) in [6, 6.07) is 6.94. The molecule has 3 rings (SSSR count). The number of benzene rings is 1. The van der Waals surface area contributed by atoms with Crippen molar-refractivity contribution in [1.29, 1.82) is 0 Å². The summed E-state index contributed by atoms with van der Waals surface area (Å²) in [6.45, 7) is 2.93. The second-order valence-electron chi connectivity index (χ2n) is 8.36. The van der Waals surface area contributed by atoms with Crippen LogP contribution in [0.15, 0.2) is 24.3 Å². The fourth-order valence-corrected chi connectivity index (χ4v) is 4.47. The Labute approximate surface area is 177 Å². The molecule has 2 atom stereocenters. The van der Waals surface area contributed by atoms with Gasteiger partial charge in [0.15, 0.2) is 18.5 Å². The van der Waals surface area contributed by atoms with E-state index in [2.05, 4.69) is 6.92 Å². The van der Waals surface area contributed by atoms with Crippen molar-refractivity contribution < 1.29 is 34.0 Å². The van der Waals surface area contributed by atoms with Crippen LogP contribution in [0, 0.1) is 11.8 Å². The van der Waals surface area contributed by atoms with E-state index in [-0.39, 0.29) is 0 Å². The number of carbonyl (C=O) groups is 2. The van der Waals surface area contributed by atoms with Crippen molar-refractivity contribution in [3.05, 3.63) is 29.8 Å². The molecule has 0 amide bonds. The van der Waals surface area contributed by atoms with E-state index in [1.807, 2.05) is 0 Å². The zero-order valence-corrected chi connectivity index (χ0v) is 17.5. The predicted molar refractivity (Wildman–Crippen MR) is 109 cm³/mol. The van der Waals surface area contributed by atoms with Gasteiger partial charge in [0.05, 0.1) is 6.61 Å². The standard InChI is InChI=1S/C23H32O7/c1-2-4-15-6-8-16(9-7-15)5-3-14-28-18-12-10-17(11-13-18)23-29-19(21(24)25)20(30-23)22(26)27/h10-13,15-16,19-20,23H,2-9,14H2,1H3,(H,24,25)(H,26,27). The highest BCUT2D eigenvalue weighted by Gasteiger charge is 2.46. The molecule has 0 bridgehead atoms. The third-order valence-electron chi connectivity index (χ3n) is 6.14. The normalized spacial score (nSPS) is 28.9. The third kappa shape index (κ3) is 5.95. The van der Waals surface area contributed by atoms with Gasteiger partial charge in [0.1, 0.15) is 5.75 Å². The maximum absolute atomic E-state index is 11.2. The Morgan fingerprint density at radius 2 is 1.47 bits per heavy atom. The molecular weight excluding hydrogens is 388 g/mol. The van der Waals surface area contributed by atoms with Crippen LogP contribution in [0.3, 0.4) is 0 Å². The van der Waals surface area contributed by atoms with Crippen LogP contribution in [0.2, 0.25) is 0 Å². The Bertz CT molecular complexity index is 672. The highest BCUT2D eigenvalue weighted by Crippen LogP contribution is 2.34. The van der Waals surface area contributed by atoms with Gasteiger partial charge in [-0.15, -0.1) is 0 Å². The largest absolute Gasteiger partial charge is 0.494 e. The molecule has 1 heterocycles. The minimum Gasteiger partial charge on any atom is -0.494 e. The number of rotatable bonds is 10. The summed E-state index contributed by atoms with van der Waals surface area (Å²) in [6.07, 6.45) is 6.25. The van der Waals surface area contributed by atoms with Crippen LogP contribution in [0.25, 0.3) is 0 Å². The molecule has 1 saturated heterocycles. The van der Waals surface area contributed by atoms with Crippen molar-refractivity contribution in [2.24, 2.45) is 11.8 Å². The van der Waals surface area contributed by atoms with Gasteiger partial charge in [-0.1, -0.05) is 57.6 Å². The summed E-state index contributed by atoms with van der Waals surface area (Å²) in [5.41, 5.74) is 0.557. The van der Waals surface area contributed by atoms with E-state index < -0.39 is 30.4 Å². The molecular formula is C23H32O7. The lowest BCUT2D eigenvalue weighted by molar-refractivity contribution is -0.156. The maximum atomic E-state index is 11.2. The summed E-state index contributed by atoms with van der Waals surface area (Å²) >= 11 is 0. The second-order valence-corrected chi connectivity index (χ2v) is 8.36. The Morgan fingerprint density at radius 1 is 0.933 bits per heavy atom. The molecule has 0 radical (unpaired) electrons. The maximum Gasteiger partial charge on any atom is 0.336 e. The van der Waals surface area contributed by atoms with Gasteiger partial charge >= 0.3 is 11.9 Å². The van der Waals surface area contributed by atoms with Crippen LogP contribution in [-0.2, 0) is 19.1 Å². The number of carboxylic acids is 2. The van der Waals surface area contributed by atoms with Gasteiger partial charge in [0, 0.05) is 5.56 Å². The van der Waals surface area contributed by atoms with Crippen LogP contribution in [0.1, 0.15) is 70.1 Å². The average Bonchev–Trinajstić information content (AvgIpc) is 3.19. The van der Waals surface area contributed by atoms with E-state index in [1.54, 1.807) is 24.3 Å². The van der Waals surface area contributed by atoms with E-state index in [0.29, 0.717) is 17.9 Å². The molecule has 0 spiro atoms. The molecule has 1 aliphatic heterocycles. The molecule has 1 saturated carbocycles. The highest BCUT2D eigenvalue weighted by molar-refractivity contribution is 5.84. The Hall–Kier alpha value is -2.12. The van der Waals surface area contributed by atoms with Crippen molar-refractivity contribution in [1.82, 2.24) is 0 Å². The van der Waals surface area contributed by atoms with E-state index in [1.165, 1.54) is 44.9 Å². The van der Waals surface area contributed by atoms with E-state index in [4.69, 9.17) is 24.4 Å². The second kappa shape index (κ2) is 10.8. The first-order valence-corrected chi connectivity index (χ1v) is 11.0. The molecule has 2 fully saturated rings. The molecule has 1 aromatic carbocycles. The predicted octanol–water partition coefficient (Wildman–Crippen LogP) is 4.40. The van der Waals surface area contributed by atoms with Gasteiger partial charge in [0.2, 0.25) is 0 Å². The Morgan fingerprint density at radius 3 is 1.97 bits per heavy atom. The van der Waals surface area contributed by atoms with E-state index in [0.717, 1.165) is 18.3 Å². The number of carboxylic acid groups (broad SMARTS) is 2. The van der Waals surface area contributed by atoms with Gasteiger partial charge in [-0.2, -0.15) is 0 Å². The van der Waals surface area contributed by atoms with Crippen LogP contribution in [-0.4, -0.2) is 41.0 Å². The minimum atomic E-state index is -1.53. The molecule has 7 nitrogen and oxygen atoms in total. The van der Waals surface area contributed by atoms with Crippen LogP contribution < -0.4 is 4.74 Å². The average molecular weight is 421 g/mol. The SMILES string of the molecule is CCCC1CCC(CCCOc2ccc(C3OC(C(=O)O)C(C(=O)O)O3)cc2)CC1. The molecule has 30 heavy (non-hydrogen) atoms. The number of hydrogen-bond donors (Lipinski definition) is 2. The molecule has 0 aromatic heterocycles. The van der Waals surface area contributed by atoms with E-state index >= 15 is 0 Å². The monoisotopic (exact) mass is 420 g/mol. The number of aliphatic carboxylic acids is 2. The van der Waals surface area contributed by atoms with Crippen LogP contribution in [0.4, 0.5) is 0 Å². The summed E-state index contributed by atoms with van der Waals surface area (Å²) in [5.74, 6) is -0.240. The van der Waals surface area contributed by atoms with Crippen LogP contribution in [0.5, 0.6) is 5.75 Å². The third-order valence-corrected chi connectivity index (χ3v) is 6.14. The quantitative estimate of drug-likeness (QED) is 0.541. The fourth-order valence-electron chi connectivity index (χ4n) is 4.47. The first-order valence-electron chi connectivity index (χ1n) is 11.0. The van der Waals surface area contributed by atoms with Crippen molar-refractivity contribution in [2.45, 2.75) is 76.8 Å². The van der Waals surface area contributed by atoms with Crippen molar-refractivity contribution in [2.75, 3.05) is 6.61 Å². The Balaban J connectivity index is 1.40. The topological polar surface area (TPSA) is 102 Å². The molecule has 2 unspecified atom stereocenters. The fraction of sp³-hybridized carbons (Fsp3) is 0.652.